The number of hydrogen-bond acceptors (Lipinski definition) is 3. The largest absolute Gasteiger partial charge is 0.469 e. The van der Waals surface area contributed by atoms with Gasteiger partial charge in [0.05, 0.1) is 12.5 Å². The summed E-state index contributed by atoms with van der Waals surface area (Å²) in [4.78, 5) is 11.2. The van der Waals surface area contributed by atoms with Gasteiger partial charge in [-0.15, -0.1) is 0 Å². The van der Waals surface area contributed by atoms with E-state index < -0.39 is 0 Å². The molecular weight excluding hydrogens is 142 g/mol. The number of nitrogens with one attached hydrogen (secondary N) is 1. The Balaban J connectivity index is 2.59. The quantitative estimate of drug-likeness (QED) is 0.608. The number of rotatable bonds is 3. The second kappa shape index (κ2) is 2.81. The van der Waals surface area contributed by atoms with Crippen molar-refractivity contribution in [3.63, 3.8) is 0 Å². The van der Waals surface area contributed by atoms with Crippen LogP contribution in [0, 0.1) is 5.41 Å². The van der Waals surface area contributed by atoms with Crippen LogP contribution in [0.1, 0.15) is 19.8 Å². The number of carbonyl (C=O) groups is 1. The summed E-state index contributed by atoms with van der Waals surface area (Å²) in [5.41, 5.74) is -0.205. The lowest BCUT2D eigenvalue weighted by atomic mass is 9.98. The van der Waals surface area contributed by atoms with E-state index in [-0.39, 0.29) is 17.4 Å². The topological polar surface area (TPSA) is 38.3 Å². The average Bonchev–Trinajstić information content (AvgIpc) is 2.82. The maximum Gasteiger partial charge on any atom is 0.313 e. The van der Waals surface area contributed by atoms with Gasteiger partial charge in [-0.3, -0.25) is 4.79 Å². The minimum Gasteiger partial charge on any atom is -0.469 e. The van der Waals surface area contributed by atoms with Gasteiger partial charge in [0.15, 0.2) is 0 Å². The minimum absolute atomic E-state index is 0.0700. The normalized spacial score (nSPS) is 22.5. The molecule has 1 unspecified atom stereocenters. The van der Waals surface area contributed by atoms with E-state index in [0.29, 0.717) is 0 Å². The Morgan fingerprint density at radius 1 is 1.64 bits per heavy atom. The molecule has 64 valence electrons. The molecule has 1 N–H and O–H groups in total. The Labute approximate surface area is 67.1 Å². The van der Waals surface area contributed by atoms with Crippen molar-refractivity contribution in [3.8, 4) is 0 Å². The molecule has 1 rings (SSSR count). The van der Waals surface area contributed by atoms with Gasteiger partial charge in [0, 0.05) is 6.04 Å². The molecule has 3 heteroatoms. The zero-order valence-corrected chi connectivity index (χ0v) is 7.31. The fraction of sp³-hybridized carbons (Fsp3) is 0.875. The summed E-state index contributed by atoms with van der Waals surface area (Å²) < 4.78 is 4.72. The fourth-order valence-corrected chi connectivity index (χ4v) is 1.43. The van der Waals surface area contributed by atoms with Crippen LogP contribution in [0.15, 0.2) is 0 Å². The van der Waals surface area contributed by atoms with Gasteiger partial charge in [-0.05, 0) is 26.8 Å². The summed E-state index contributed by atoms with van der Waals surface area (Å²) in [5, 5.41) is 3.08. The molecule has 0 radical (unpaired) electrons. The van der Waals surface area contributed by atoms with Gasteiger partial charge in [0.25, 0.3) is 0 Å². The van der Waals surface area contributed by atoms with Gasteiger partial charge >= 0.3 is 5.97 Å². The van der Waals surface area contributed by atoms with Gasteiger partial charge in [-0.25, -0.2) is 0 Å². The Morgan fingerprint density at radius 3 is 2.45 bits per heavy atom. The van der Waals surface area contributed by atoms with Crippen LogP contribution in [0.5, 0.6) is 0 Å². The number of ether oxygens (including phenoxy) is 1. The molecule has 0 heterocycles. The maximum atomic E-state index is 11.2. The maximum absolute atomic E-state index is 11.2. The number of carbonyl (C=O) groups excluding carboxylic acids is 1. The van der Waals surface area contributed by atoms with Gasteiger partial charge in [-0.1, -0.05) is 0 Å². The van der Waals surface area contributed by atoms with Gasteiger partial charge < -0.3 is 10.1 Å². The average molecular weight is 157 g/mol. The van der Waals surface area contributed by atoms with E-state index in [0.717, 1.165) is 12.8 Å². The first-order chi connectivity index (χ1) is 5.17. The predicted octanol–water partition coefficient (Wildman–Crippen LogP) is 0.547. The van der Waals surface area contributed by atoms with Crippen LogP contribution in [0.4, 0.5) is 0 Å². The molecule has 0 aliphatic heterocycles. The van der Waals surface area contributed by atoms with E-state index in [4.69, 9.17) is 4.74 Å². The molecule has 1 aliphatic carbocycles. The van der Waals surface area contributed by atoms with Crippen LogP contribution in [0.25, 0.3) is 0 Å². The molecular formula is C8H15NO2. The van der Waals surface area contributed by atoms with Crippen molar-refractivity contribution in [2.24, 2.45) is 5.41 Å². The molecule has 1 atom stereocenters. The second-order valence-electron chi connectivity index (χ2n) is 3.16. The van der Waals surface area contributed by atoms with E-state index in [1.165, 1.54) is 7.11 Å². The standard InChI is InChI=1S/C8H15NO2/c1-6(9-2)8(4-5-8)7(10)11-3/h6,9H,4-5H2,1-3H3. The van der Waals surface area contributed by atoms with Crippen LogP contribution in [0.3, 0.4) is 0 Å². The highest BCUT2D eigenvalue weighted by Crippen LogP contribution is 2.49. The molecule has 0 bridgehead atoms. The molecule has 0 aromatic heterocycles. The van der Waals surface area contributed by atoms with Crippen LogP contribution in [-0.4, -0.2) is 26.2 Å². The summed E-state index contributed by atoms with van der Waals surface area (Å²) in [6.07, 6.45) is 1.92. The van der Waals surface area contributed by atoms with Gasteiger partial charge in [0.2, 0.25) is 0 Å². The monoisotopic (exact) mass is 157 g/mol. The molecule has 3 nitrogen and oxygen atoms in total. The zero-order chi connectivity index (χ0) is 8.48. The van der Waals surface area contributed by atoms with Gasteiger partial charge in [-0.2, -0.15) is 0 Å². The summed E-state index contributed by atoms with van der Waals surface area (Å²) in [5.74, 6) is -0.0700. The van der Waals surface area contributed by atoms with E-state index >= 15 is 0 Å². The molecule has 0 saturated heterocycles. The second-order valence-corrected chi connectivity index (χ2v) is 3.16. The van der Waals surface area contributed by atoms with E-state index in [1.807, 2.05) is 14.0 Å². The first kappa shape index (κ1) is 8.53. The lowest BCUT2D eigenvalue weighted by Gasteiger charge is -2.19. The van der Waals surface area contributed by atoms with Crippen molar-refractivity contribution >= 4 is 5.97 Å². The minimum atomic E-state index is -0.205. The number of methoxy groups -OCH3 is 1. The van der Waals surface area contributed by atoms with E-state index in [2.05, 4.69) is 5.32 Å². The lowest BCUT2D eigenvalue weighted by Crippen LogP contribution is -2.38. The highest BCUT2D eigenvalue weighted by atomic mass is 16.5. The number of hydrogen-bond donors (Lipinski definition) is 1. The smallest absolute Gasteiger partial charge is 0.313 e. The number of esters is 1. The molecule has 0 aromatic carbocycles. The third-order valence-electron chi connectivity index (χ3n) is 2.64. The zero-order valence-electron chi connectivity index (χ0n) is 7.31. The summed E-state index contributed by atoms with van der Waals surface area (Å²) in [7, 11) is 3.32. The van der Waals surface area contributed by atoms with Crippen molar-refractivity contribution in [3.05, 3.63) is 0 Å². The van der Waals surface area contributed by atoms with Crippen LogP contribution in [0.2, 0.25) is 0 Å². The fourth-order valence-electron chi connectivity index (χ4n) is 1.43. The van der Waals surface area contributed by atoms with Crippen molar-refractivity contribution < 1.29 is 9.53 Å². The highest BCUT2D eigenvalue weighted by molar-refractivity contribution is 5.80. The molecule has 1 saturated carbocycles. The molecule has 0 spiro atoms. The molecule has 1 fully saturated rings. The van der Waals surface area contributed by atoms with E-state index in [1.54, 1.807) is 0 Å². The first-order valence-electron chi connectivity index (χ1n) is 3.93. The molecule has 11 heavy (non-hydrogen) atoms. The van der Waals surface area contributed by atoms with Crippen molar-refractivity contribution in [1.82, 2.24) is 5.32 Å². The third kappa shape index (κ3) is 1.25. The van der Waals surface area contributed by atoms with Crippen molar-refractivity contribution in [2.45, 2.75) is 25.8 Å². The summed E-state index contributed by atoms with van der Waals surface area (Å²) in [6, 6.07) is 0.231. The predicted molar refractivity (Wildman–Crippen MR) is 42.2 cm³/mol. The van der Waals surface area contributed by atoms with Crippen LogP contribution in [-0.2, 0) is 9.53 Å². The van der Waals surface area contributed by atoms with Crippen LogP contribution >= 0.6 is 0 Å². The Hall–Kier alpha value is -0.570. The Morgan fingerprint density at radius 2 is 2.18 bits per heavy atom. The summed E-state index contributed by atoms with van der Waals surface area (Å²) >= 11 is 0. The SMILES string of the molecule is CNC(C)C1(C(=O)OC)CC1. The molecule has 0 aromatic rings. The molecule has 1 aliphatic rings. The van der Waals surface area contributed by atoms with E-state index in [9.17, 15) is 4.79 Å². The van der Waals surface area contributed by atoms with Crippen LogP contribution < -0.4 is 5.32 Å². The van der Waals surface area contributed by atoms with Crippen molar-refractivity contribution in [2.75, 3.05) is 14.2 Å². The Kier molecular flexibility index (Phi) is 2.18. The molecule has 0 amide bonds. The highest BCUT2D eigenvalue weighted by Gasteiger charge is 2.54. The Bertz CT molecular complexity index is 163. The lowest BCUT2D eigenvalue weighted by molar-refractivity contribution is -0.148. The van der Waals surface area contributed by atoms with Crippen molar-refractivity contribution in [1.29, 1.82) is 0 Å². The van der Waals surface area contributed by atoms with Gasteiger partial charge in [0.1, 0.15) is 0 Å². The first-order valence-corrected chi connectivity index (χ1v) is 3.93. The third-order valence-corrected chi connectivity index (χ3v) is 2.64. The summed E-state index contributed by atoms with van der Waals surface area (Å²) in [6.45, 7) is 2.02.